The molecule has 0 unspecified atom stereocenters. The molecule has 4 rings (SSSR count). The van der Waals surface area contributed by atoms with E-state index in [0.717, 1.165) is 15.6 Å². The predicted octanol–water partition coefficient (Wildman–Crippen LogP) is 4.30. The summed E-state index contributed by atoms with van der Waals surface area (Å²) in [4.78, 5) is 17.0. The third-order valence-corrected chi connectivity index (χ3v) is 5.30. The molecule has 0 aliphatic heterocycles. The van der Waals surface area contributed by atoms with Crippen LogP contribution < -0.4 is 14.8 Å². The zero-order valence-corrected chi connectivity index (χ0v) is 19.1. The van der Waals surface area contributed by atoms with Gasteiger partial charge < -0.3 is 23.9 Å². The van der Waals surface area contributed by atoms with Gasteiger partial charge in [-0.05, 0) is 48.0 Å². The van der Waals surface area contributed by atoms with Crippen molar-refractivity contribution in [3.63, 3.8) is 0 Å². The first-order valence-corrected chi connectivity index (χ1v) is 10.6. The molecule has 1 N–H and O–H groups in total. The normalized spacial score (nSPS) is 10.7. The molecule has 164 valence electrons. The maximum atomic E-state index is 12.5. The van der Waals surface area contributed by atoms with Crippen molar-refractivity contribution in [3.05, 3.63) is 70.8 Å². The Balaban J connectivity index is 1.47. The van der Waals surface area contributed by atoms with Crippen LogP contribution in [0.2, 0.25) is 0 Å². The van der Waals surface area contributed by atoms with Crippen LogP contribution in [0.4, 0.5) is 0 Å². The Hall–Kier alpha value is -3.59. The highest BCUT2D eigenvalue weighted by Crippen LogP contribution is 2.32. The van der Waals surface area contributed by atoms with Crippen LogP contribution in [0.15, 0.2) is 69.8 Å². The zero-order chi connectivity index (χ0) is 22.5. The summed E-state index contributed by atoms with van der Waals surface area (Å²) in [6.07, 6.45) is 1.80. The number of hydrogen-bond donors (Lipinski definition) is 1. The van der Waals surface area contributed by atoms with Crippen molar-refractivity contribution < 1.29 is 18.8 Å². The third-order valence-electron chi connectivity index (χ3n) is 4.81. The molecule has 0 saturated carbocycles. The number of ether oxygens (including phenoxy) is 2. The average molecular weight is 497 g/mol. The third kappa shape index (κ3) is 4.83. The van der Waals surface area contributed by atoms with Gasteiger partial charge in [-0.3, -0.25) is 4.79 Å². The van der Waals surface area contributed by atoms with Gasteiger partial charge in [0.15, 0.2) is 11.5 Å². The van der Waals surface area contributed by atoms with E-state index in [9.17, 15) is 4.79 Å². The topological polar surface area (TPSA) is 91.4 Å². The first-order chi connectivity index (χ1) is 15.6. The number of carbonyl (C=O) groups is 1. The summed E-state index contributed by atoms with van der Waals surface area (Å²) in [5, 5.41) is 7.00. The summed E-state index contributed by atoms with van der Waals surface area (Å²) >= 11 is 3.43. The lowest BCUT2D eigenvalue weighted by Crippen LogP contribution is -2.27. The monoisotopic (exact) mass is 496 g/mol. The fourth-order valence-electron chi connectivity index (χ4n) is 3.22. The highest BCUT2D eigenvalue weighted by atomic mass is 79.9. The molecule has 8 nitrogen and oxygen atoms in total. The van der Waals surface area contributed by atoms with Gasteiger partial charge in [-0.1, -0.05) is 33.2 Å². The molecule has 9 heteroatoms. The van der Waals surface area contributed by atoms with Crippen molar-refractivity contribution in [2.45, 2.75) is 13.1 Å². The summed E-state index contributed by atoms with van der Waals surface area (Å²) in [5.74, 6) is 1.79. The van der Waals surface area contributed by atoms with Crippen LogP contribution in [0.1, 0.15) is 5.56 Å². The van der Waals surface area contributed by atoms with Crippen molar-refractivity contribution in [2.24, 2.45) is 0 Å². The molecule has 0 bridgehead atoms. The Morgan fingerprint density at radius 2 is 1.94 bits per heavy atom. The number of hydrogen-bond acceptors (Lipinski definition) is 6. The van der Waals surface area contributed by atoms with Crippen LogP contribution in [0.25, 0.3) is 23.0 Å². The van der Waals surface area contributed by atoms with E-state index in [1.807, 2.05) is 42.5 Å². The van der Waals surface area contributed by atoms with E-state index in [1.54, 1.807) is 37.1 Å². The molecule has 0 spiro atoms. The number of aromatic nitrogens is 3. The minimum atomic E-state index is -0.123. The molecule has 2 heterocycles. The SMILES string of the molecule is COc1ccc(-c2noc(-c3cccn3CC(=O)NCc3cccc(Br)c3)n2)cc1OC. The standard InChI is InChI=1S/C23H21BrN4O4/c1-30-19-9-8-16(12-20(19)31-2)22-26-23(32-27-22)18-7-4-10-28(18)14-21(29)25-13-15-5-3-6-17(24)11-15/h3-12H,13-14H2,1-2H3,(H,25,29). The molecule has 0 fully saturated rings. The Bertz CT molecular complexity index is 1230. The molecule has 0 radical (unpaired) electrons. The fourth-order valence-corrected chi connectivity index (χ4v) is 3.67. The fraction of sp³-hybridized carbons (Fsp3) is 0.174. The van der Waals surface area contributed by atoms with Gasteiger partial charge in [0.25, 0.3) is 5.89 Å². The molecule has 0 aliphatic carbocycles. The number of amides is 1. The lowest BCUT2D eigenvalue weighted by Gasteiger charge is -2.08. The van der Waals surface area contributed by atoms with E-state index in [2.05, 4.69) is 31.4 Å². The van der Waals surface area contributed by atoms with Gasteiger partial charge in [-0.25, -0.2) is 0 Å². The molecule has 32 heavy (non-hydrogen) atoms. The second-order valence-electron chi connectivity index (χ2n) is 6.92. The number of nitrogens with zero attached hydrogens (tertiary/aromatic N) is 3. The minimum absolute atomic E-state index is 0.123. The minimum Gasteiger partial charge on any atom is -0.493 e. The van der Waals surface area contributed by atoms with Crippen molar-refractivity contribution in [1.29, 1.82) is 0 Å². The van der Waals surface area contributed by atoms with E-state index in [1.165, 1.54) is 0 Å². The second kappa shape index (κ2) is 9.69. The van der Waals surface area contributed by atoms with E-state index in [0.29, 0.717) is 35.5 Å². The number of benzene rings is 2. The first kappa shape index (κ1) is 21.6. The summed E-state index contributed by atoms with van der Waals surface area (Å²) < 4.78 is 18.8. The van der Waals surface area contributed by atoms with Gasteiger partial charge >= 0.3 is 0 Å². The van der Waals surface area contributed by atoms with Crippen molar-refractivity contribution in [1.82, 2.24) is 20.0 Å². The number of methoxy groups -OCH3 is 2. The van der Waals surface area contributed by atoms with Crippen LogP contribution in [0.3, 0.4) is 0 Å². The molecule has 0 atom stereocenters. The maximum absolute atomic E-state index is 12.5. The van der Waals surface area contributed by atoms with Gasteiger partial charge in [0.05, 0.1) is 14.2 Å². The molecule has 0 saturated heterocycles. The number of rotatable bonds is 8. The van der Waals surface area contributed by atoms with Crippen molar-refractivity contribution in [2.75, 3.05) is 14.2 Å². The average Bonchev–Trinajstić information content (AvgIpc) is 3.47. The molecule has 1 amide bonds. The summed E-state index contributed by atoms with van der Waals surface area (Å²) in [6.45, 7) is 0.573. The van der Waals surface area contributed by atoms with E-state index < -0.39 is 0 Å². The predicted molar refractivity (Wildman–Crippen MR) is 122 cm³/mol. The first-order valence-electron chi connectivity index (χ1n) is 9.80. The maximum Gasteiger partial charge on any atom is 0.274 e. The smallest absolute Gasteiger partial charge is 0.274 e. The van der Waals surface area contributed by atoms with E-state index in [4.69, 9.17) is 14.0 Å². The van der Waals surface area contributed by atoms with Crippen molar-refractivity contribution >= 4 is 21.8 Å². The van der Waals surface area contributed by atoms with Crippen LogP contribution in [-0.4, -0.2) is 34.8 Å². The molecular weight excluding hydrogens is 476 g/mol. The quantitative estimate of drug-likeness (QED) is 0.391. The summed E-state index contributed by atoms with van der Waals surface area (Å²) in [5.41, 5.74) is 2.39. The van der Waals surface area contributed by atoms with Crippen LogP contribution in [0, 0.1) is 0 Å². The van der Waals surface area contributed by atoms with Gasteiger partial charge in [0.2, 0.25) is 11.7 Å². The summed E-state index contributed by atoms with van der Waals surface area (Å²) in [7, 11) is 3.14. The number of nitrogens with one attached hydrogen (secondary N) is 1. The summed E-state index contributed by atoms with van der Waals surface area (Å²) in [6, 6.07) is 16.8. The molecule has 2 aromatic carbocycles. The zero-order valence-electron chi connectivity index (χ0n) is 17.5. The number of halogens is 1. The Morgan fingerprint density at radius 3 is 2.72 bits per heavy atom. The van der Waals surface area contributed by atoms with Crippen LogP contribution >= 0.6 is 15.9 Å². The van der Waals surface area contributed by atoms with Crippen LogP contribution in [-0.2, 0) is 17.9 Å². The highest BCUT2D eigenvalue weighted by Gasteiger charge is 2.17. The lowest BCUT2D eigenvalue weighted by molar-refractivity contribution is -0.121. The molecular formula is C23H21BrN4O4. The highest BCUT2D eigenvalue weighted by molar-refractivity contribution is 9.10. The Morgan fingerprint density at radius 1 is 1.09 bits per heavy atom. The Labute approximate surface area is 193 Å². The molecule has 0 aliphatic rings. The Kier molecular flexibility index (Phi) is 6.55. The van der Waals surface area contributed by atoms with E-state index in [-0.39, 0.29) is 12.5 Å². The largest absolute Gasteiger partial charge is 0.493 e. The molecule has 2 aromatic heterocycles. The second-order valence-corrected chi connectivity index (χ2v) is 7.84. The van der Waals surface area contributed by atoms with Gasteiger partial charge in [-0.15, -0.1) is 0 Å². The van der Waals surface area contributed by atoms with Gasteiger partial charge in [0, 0.05) is 22.8 Å². The molecule has 4 aromatic rings. The number of carbonyl (C=O) groups excluding carboxylic acids is 1. The van der Waals surface area contributed by atoms with E-state index >= 15 is 0 Å². The van der Waals surface area contributed by atoms with Crippen molar-refractivity contribution in [3.8, 4) is 34.5 Å². The van der Waals surface area contributed by atoms with Crippen LogP contribution in [0.5, 0.6) is 11.5 Å². The van der Waals surface area contributed by atoms with Gasteiger partial charge in [0.1, 0.15) is 12.2 Å². The van der Waals surface area contributed by atoms with Gasteiger partial charge in [-0.2, -0.15) is 4.98 Å². The lowest BCUT2D eigenvalue weighted by atomic mass is 10.2.